The van der Waals surface area contributed by atoms with Crippen molar-refractivity contribution >= 4 is 5.91 Å². The van der Waals surface area contributed by atoms with Crippen LogP contribution in [0.3, 0.4) is 0 Å². The van der Waals surface area contributed by atoms with Crippen molar-refractivity contribution in [2.24, 2.45) is 0 Å². The van der Waals surface area contributed by atoms with E-state index in [4.69, 9.17) is 4.74 Å². The summed E-state index contributed by atoms with van der Waals surface area (Å²) in [7, 11) is 0. The molecule has 4 heteroatoms. The van der Waals surface area contributed by atoms with Gasteiger partial charge in [-0.15, -0.1) is 0 Å². The molecule has 0 bridgehead atoms. The number of aromatic nitrogens is 1. The zero-order valence-corrected chi connectivity index (χ0v) is 11.6. The number of pyridine rings is 1. The van der Waals surface area contributed by atoms with Crippen LogP contribution in [0.15, 0.2) is 30.5 Å². The zero-order valence-electron chi connectivity index (χ0n) is 11.6. The van der Waals surface area contributed by atoms with E-state index in [1.165, 1.54) is 0 Å². The van der Waals surface area contributed by atoms with Crippen LogP contribution in [0.5, 0.6) is 5.75 Å². The minimum absolute atomic E-state index is 0.0466. The molecule has 1 amide bonds. The van der Waals surface area contributed by atoms with Gasteiger partial charge in [0.1, 0.15) is 5.75 Å². The molecule has 1 N–H and O–H groups in total. The van der Waals surface area contributed by atoms with Crippen molar-refractivity contribution < 1.29 is 9.53 Å². The van der Waals surface area contributed by atoms with Crippen molar-refractivity contribution in [1.82, 2.24) is 10.3 Å². The molecular weight excluding hydrogens is 252 g/mol. The van der Waals surface area contributed by atoms with E-state index < -0.39 is 0 Å². The van der Waals surface area contributed by atoms with Crippen molar-refractivity contribution in [3.63, 3.8) is 0 Å². The van der Waals surface area contributed by atoms with Gasteiger partial charge in [-0.25, -0.2) is 0 Å². The Morgan fingerprint density at radius 2 is 2.20 bits per heavy atom. The number of rotatable bonds is 3. The van der Waals surface area contributed by atoms with Crippen LogP contribution in [0, 0.1) is 6.92 Å². The third-order valence-electron chi connectivity index (χ3n) is 3.46. The summed E-state index contributed by atoms with van der Waals surface area (Å²) < 4.78 is 5.55. The molecule has 0 fully saturated rings. The van der Waals surface area contributed by atoms with Crippen molar-refractivity contribution in [3.05, 3.63) is 47.3 Å². The summed E-state index contributed by atoms with van der Waals surface area (Å²) in [6.07, 6.45) is 1.75. The van der Waals surface area contributed by atoms with Crippen LogP contribution in [-0.2, 0) is 6.54 Å². The van der Waals surface area contributed by atoms with E-state index in [9.17, 15) is 4.79 Å². The highest BCUT2D eigenvalue weighted by Crippen LogP contribution is 2.31. The Morgan fingerprint density at radius 3 is 2.95 bits per heavy atom. The van der Waals surface area contributed by atoms with Gasteiger partial charge in [-0.1, -0.05) is 6.07 Å². The van der Waals surface area contributed by atoms with Crippen molar-refractivity contribution in [3.8, 4) is 16.9 Å². The van der Waals surface area contributed by atoms with Crippen molar-refractivity contribution in [2.45, 2.75) is 20.4 Å². The molecular formula is C16H16N2O2. The Bertz CT molecular complexity index is 680. The molecule has 0 aliphatic carbocycles. The number of nitrogens with one attached hydrogen (secondary N) is 1. The molecule has 1 aliphatic rings. The maximum absolute atomic E-state index is 11.9. The number of hydrogen-bond donors (Lipinski definition) is 1. The van der Waals surface area contributed by atoms with Gasteiger partial charge in [0.25, 0.3) is 5.91 Å². The van der Waals surface area contributed by atoms with Gasteiger partial charge in [-0.05, 0) is 48.7 Å². The first kappa shape index (κ1) is 12.7. The van der Waals surface area contributed by atoms with Crippen LogP contribution in [0.1, 0.15) is 28.5 Å². The number of benzene rings is 1. The van der Waals surface area contributed by atoms with Crippen molar-refractivity contribution in [2.75, 3.05) is 6.61 Å². The van der Waals surface area contributed by atoms with Gasteiger partial charge in [0.05, 0.1) is 24.4 Å². The van der Waals surface area contributed by atoms with E-state index in [-0.39, 0.29) is 5.91 Å². The predicted octanol–water partition coefficient (Wildman–Crippen LogP) is 2.70. The molecule has 0 radical (unpaired) electrons. The molecule has 2 heterocycles. The monoisotopic (exact) mass is 268 g/mol. The number of nitrogens with zero attached hydrogens (tertiary/aromatic N) is 1. The quantitative estimate of drug-likeness (QED) is 0.931. The number of hydrogen-bond acceptors (Lipinski definition) is 3. The molecule has 0 unspecified atom stereocenters. The molecule has 3 rings (SSSR count). The second-order valence-corrected chi connectivity index (χ2v) is 4.78. The molecule has 1 aliphatic heterocycles. The maximum atomic E-state index is 11.9. The van der Waals surface area contributed by atoms with Gasteiger partial charge in [-0.2, -0.15) is 0 Å². The number of carbonyl (C=O) groups excluding carboxylic acids is 1. The summed E-state index contributed by atoms with van der Waals surface area (Å²) in [5, 5.41) is 2.82. The summed E-state index contributed by atoms with van der Waals surface area (Å²) in [4.78, 5) is 16.2. The first-order chi connectivity index (χ1) is 9.70. The zero-order chi connectivity index (χ0) is 14.1. The smallest absolute Gasteiger partial charge is 0.254 e. The van der Waals surface area contributed by atoms with E-state index in [0.717, 1.165) is 28.1 Å². The lowest BCUT2D eigenvalue weighted by Gasteiger charge is -2.11. The molecule has 20 heavy (non-hydrogen) atoms. The van der Waals surface area contributed by atoms with Gasteiger partial charge in [0, 0.05) is 6.20 Å². The second kappa shape index (κ2) is 4.96. The topological polar surface area (TPSA) is 51.2 Å². The summed E-state index contributed by atoms with van der Waals surface area (Å²) in [5.74, 6) is 0.834. The van der Waals surface area contributed by atoms with Crippen LogP contribution in [-0.4, -0.2) is 17.5 Å². The normalized spacial score (nSPS) is 13.0. The van der Waals surface area contributed by atoms with Crippen LogP contribution < -0.4 is 10.1 Å². The fraction of sp³-hybridized carbons (Fsp3) is 0.250. The van der Waals surface area contributed by atoms with Crippen LogP contribution in [0.25, 0.3) is 11.1 Å². The molecule has 1 aromatic carbocycles. The van der Waals surface area contributed by atoms with Crippen LogP contribution in [0.2, 0.25) is 0 Å². The van der Waals surface area contributed by atoms with E-state index >= 15 is 0 Å². The first-order valence-electron chi connectivity index (χ1n) is 6.70. The highest BCUT2D eigenvalue weighted by atomic mass is 16.5. The average molecular weight is 268 g/mol. The molecule has 102 valence electrons. The van der Waals surface area contributed by atoms with Gasteiger partial charge >= 0.3 is 0 Å². The van der Waals surface area contributed by atoms with Crippen LogP contribution in [0.4, 0.5) is 0 Å². The van der Waals surface area contributed by atoms with Gasteiger partial charge < -0.3 is 10.1 Å². The number of amides is 1. The minimum atomic E-state index is -0.0466. The molecule has 0 saturated heterocycles. The predicted molar refractivity (Wildman–Crippen MR) is 76.7 cm³/mol. The van der Waals surface area contributed by atoms with E-state index in [1.54, 1.807) is 6.20 Å². The maximum Gasteiger partial charge on any atom is 0.254 e. The van der Waals surface area contributed by atoms with Crippen molar-refractivity contribution in [1.29, 1.82) is 0 Å². The lowest BCUT2D eigenvalue weighted by Crippen LogP contribution is -2.13. The highest BCUT2D eigenvalue weighted by molar-refractivity contribution is 6.04. The number of ether oxygens (including phenoxy) is 1. The van der Waals surface area contributed by atoms with E-state index in [1.807, 2.05) is 38.1 Å². The first-order valence-corrected chi connectivity index (χ1v) is 6.70. The fourth-order valence-electron chi connectivity index (χ4n) is 2.52. The van der Waals surface area contributed by atoms with E-state index in [0.29, 0.717) is 18.7 Å². The summed E-state index contributed by atoms with van der Waals surface area (Å²) in [5.41, 5.74) is 4.52. The minimum Gasteiger partial charge on any atom is -0.494 e. The number of aryl methyl sites for hydroxylation is 1. The summed E-state index contributed by atoms with van der Waals surface area (Å²) >= 11 is 0. The Morgan fingerprint density at radius 1 is 1.35 bits per heavy atom. The third kappa shape index (κ3) is 2.03. The summed E-state index contributed by atoms with van der Waals surface area (Å²) in [6.45, 7) is 5.13. The standard InChI is InChI=1S/C16H16N2O2/c1-3-20-14-5-4-11(8-10(14)2)12-6-7-17-13-9-18-16(19)15(12)13/h4-8H,3,9H2,1-2H3,(H,18,19). The van der Waals surface area contributed by atoms with Gasteiger partial charge in [-0.3, -0.25) is 9.78 Å². The Kier molecular flexibility index (Phi) is 3.14. The largest absolute Gasteiger partial charge is 0.494 e. The average Bonchev–Trinajstić information content (AvgIpc) is 2.83. The molecule has 2 aromatic rings. The third-order valence-corrected chi connectivity index (χ3v) is 3.46. The van der Waals surface area contributed by atoms with Gasteiger partial charge in [0.15, 0.2) is 0 Å². The molecule has 4 nitrogen and oxygen atoms in total. The van der Waals surface area contributed by atoms with Gasteiger partial charge in [0.2, 0.25) is 0 Å². The Hall–Kier alpha value is -2.36. The second-order valence-electron chi connectivity index (χ2n) is 4.78. The molecule has 0 saturated carbocycles. The molecule has 0 spiro atoms. The van der Waals surface area contributed by atoms with Crippen LogP contribution >= 0.6 is 0 Å². The lowest BCUT2D eigenvalue weighted by molar-refractivity contribution is 0.0966. The lowest BCUT2D eigenvalue weighted by atomic mass is 9.98. The molecule has 1 aromatic heterocycles. The summed E-state index contributed by atoms with van der Waals surface area (Å²) in [6, 6.07) is 7.87. The SMILES string of the molecule is CCOc1ccc(-c2ccnc3c2C(=O)NC3)cc1C. The number of fused-ring (bicyclic) bond motifs is 1. The van der Waals surface area contributed by atoms with E-state index in [2.05, 4.69) is 10.3 Å². The highest BCUT2D eigenvalue weighted by Gasteiger charge is 2.24. The Labute approximate surface area is 117 Å². The number of carbonyl (C=O) groups is 1. The fourth-order valence-corrected chi connectivity index (χ4v) is 2.52. The Balaban J connectivity index is 2.09. The molecule has 0 atom stereocenters.